The number of hydrogen-bond donors (Lipinski definition) is 2. The maximum atomic E-state index is 11.0. The molecule has 2 saturated heterocycles. The average Bonchev–Trinajstić information content (AvgIpc) is 3.03. The molecule has 5 amide bonds. The predicted molar refractivity (Wildman–Crippen MR) is 113 cm³/mol. The van der Waals surface area contributed by atoms with E-state index >= 15 is 0 Å². The van der Waals surface area contributed by atoms with Crippen LogP contribution in [0.2, 0.25) is 0 Å². The highest BCUT2D eigenvalue weighted by atomic mass is 79.9. The number of aromatic nitrogens is 3. The Morgan fingerprint density at radius 3 is 1.38 bits per heavy atom. The molecule has 2 fully saturated rings. The SMILES string of the molecule is CC1(C)NC(=O)N(Br)C1=O.O=C1CCC(=O)N1Br.O=c1[nH]c(=O)n(Br)c(=O)n1Br. The van der Waals surface area contributed by atoms with Crippen molar-refractivity contribution in [3.8, 4) is 0 Å². The Morgan fingerprint density at radius 1 is 0.759 bits per heavy atom. The summed E-state index contributed by atoms with van der Waals surface area (Å²) in [5.74, 6) is -0.553. The number of amides is 5. The highest BCUT2D eigenvalue weighted by Gasteiger charge is 2.43. The number of carbonyl (C=O) groups is 4. The number of rotatable bonds is 0. The van der Waals surface area contributed by atoms with E-state index in [0.717, 1.165) is 7.85 Å². The second-order valence-electron chi connectivity index (χ2n) is 5.79. The zero-order valence-corrected chi connectivity index (χ0v) is 20.9. The van der Waals surface area contributed by atoms with E-state index in [0.29, 0.717) is 20.0 Å². The van der Waals surface area contributed by atoms with Crippen LogP contribution in [-0.4, -0.2) is 49.3 Å². The van der Waals surface area contributed by atoms with Crippen LogP contribution in [0.4, 0.5) is 4.79 Å². The number of urea groups is 1. The van der Waals surface area contributed by atoms with Crippen molar-refractivity contribution in [3.05, 3.63) is 31.5 Å². The number of nitrogens with zero attached hydrogens (tertiary/aromatic N) is 4. The minimum absolute atomic E-state index is 0.144. The predicted octanol–water partition coefficient (Wildman–Crippen LogP) is 0.0863. The quantitative estimate of drug-likeness (QED) is 0.224. The van der Waals surface area contributed by atoms with E-state index in [4.69, 9.17) is 0 Å². The molecule has 17 heteroatoms. The van der Waals surface area contributed by atoms with Gasteiger partial charge in [-0.05, 0) is 13.8 Å². The second-order valence-corrected chi connectivity index (χ2v) is 8.63. The van der Waals surface area contributed by atoms with Gasteiger partial charge in [0, 0.05) is 12.8 Å². The first kappa shape index (κ1) is 25.4. The molecule has 0 atom stereocenters. The summed E-state index contributed by atoms with van der Waals surface area (Å²) in [5.41, 5.74) is -3.18. The Bertz CT molecular complexity index is 976. The third-order valence-electron chi connectivity index (χ3n) is 3.21. The van der Waals surface area contributed by atoms with Crippen LogP contribution in [-0.2, 0) is 14.4 Å². The van der Waals surface area contributed by atoms with Crippen molar-refractivity contribution >= 4 is 88.3 Å². The van der Waals surface area contributed by atoms with Crippen LogP contribution in [0.15, 0.2) is 14.4 Å². The van der Waals surface area contributed by atoms with Gasteiger partial charge in [0.1, 0.15) is 5.54 Å². The number of carbonyl (C=O) groups excluding carboxylic acids is 4. The molecule has 0 aliphatic carbocycles. The number of nitrogens with one attached hydrogen (secondary N) is 2. The lowest BCUT2D eigenvalue weighted by Crippen LogP contribution is -2.42. The molecule has 0 spiro atoms. The van der Waals surface area contributed by atoms with Crippen molar-refractivity contribution in [3.63, 3.8) is 0 Å². The molecule has 160 valence electrons. The Morgan fingerprint density at radius 2 is 1.17 bits per heavy atom. The van der Waals surface area contributed by atoms with Crippen LogP contribution in [0.25, 0.3) is 0 Å². The summed E-state index contributed by atoms with van der Waals surface area (Å²) in [6.07, 6.45) is 0.703. The molecule has 2 N–H and O–H groups in total. The van der Waals surface area contributed by atoms with Crippen LogP contribution < -0.4 is 22.4 Å². The van der Waals surface area contributed by atoms with E-state index in [1.54, 1.807) is 13.8 Å². The first-order chi connectivity index (χ1) is 13.2. The van der Waals surface area contributed by atoms with Crippen LogP contribution in [0, 0.1) is 0 Å². The molecule has 3 heterocycles. The monoisotopic (exact) mass is 668 g/mol. The lowest BCUT2D eigenvalue weighted by Gasteiger charge is -2.11. The molecular formula is C12H12Br4N6O7. The minimum atomic E-state index is -0.810. The molecule has 13 nitrogen and oxygen atoms in total. The van der Waals surface area contributed by atoms with Crippen molar-refractivity contribution in [1.29, 1.82) is 0 Å². The summed E-state index contributed by atoms with van der Waals surface area (Å²) in [7, 11) is 0. The number of halogens is 4. The van der Waals surface area contributed by atoms with E-state index < -0.39 is 28.6 Å². The molecule has 29 heavy (non-hydrogen) atoms. The highest BCUT2D eigenvalue weighted by Crippen LogP contribution is 2.19. The Labute approximate surface area is 195 Å². The van der Waals surface area contributed by atoms with Gasteiger partial charge < -0.3 is 5.32 Å². The van der Waals surface area contributed by atoms with Gasteiger partial charge in [0.15, 0.2) is 0 Å². The van der Waals surface area contributed by atoms with Gasteiger partial charge >= 0.3 is 23.1 Å². The van der Waals surface area contributed by atoms with Crippen molar-refractivity contribution < 1.29 is 19.2 Å². The molecule has 0 unspecified atom stereocenters. The maximum Gasteiger partial charge on any atom is 0.357 e. The molecular weight excluding hydrogens is 660 g/mol. The smallest absolute Gasteiger partial charge is 0.323 e. The van der Waals surface area contributed by atoms with E-state index in [2.05, 4.69) is 69.9 Å². The summed E-state index contributed by atoms with van der Waals surface area (Å²) in [6, 6.07) is -0.407. The van der Waals surface area contributed by atoms with Gasteiger partial charge in [0.05, 0.1) is 64.6 Å². The fourth-order valence-electron chi connectivity index (χ4n) is 1.70. The third kappa shape index (κ3) is 6.19. The first-order valence-corrected chi connectivity index (χ1v) is 10.2. The van der Waals surface area contributed by atoms with Gasteiger partial charge in [0.25, 0.3) is 5.91 Å². The van der Waals surface area contributed by atoms with Crippen molar-refractivity contribution in [2.75, 3.05) is 0 Å². The Balaban J connectivity index is 0.000000220. The first-order valence-electron chi connectivity index (χ1n) is 7.35. The van der Waals surface area contributed by atoms with E-state index in [9.17, 15) is 33.6 Å². The summed E-state index contributed by atoms with van der Waals surface area (Å²) in [5, 5.41) is 2.48. The molecule has 1 aromatic heterocycles. The minimum Gasteiger partial charge on any atom is -0.323 e. The third-order valence-corrected chi connectivity index (χ3v) is 5.89. The van der Waals surface area contributed by atoms with Gasteiger partial charge in [-0.1, -0.05) is 0 Å². The fraction of sp³-hybridized carbons (Fsp3) is 0.417. The molecule has 2 aliphatic rings. The highest BCUT2D eigenvalue weighted by molar-refractivity contribution is 9.08. The lowest BCUT2D eigenvalue weighted by atomic mass is 10.1. The van der Waals surface area contributed by atoms with Crippen LogP contribution >= 0.6 is 64.6 Å². The number of hydrogen-bond acceptors (Lipinski definition) is 7. The second kappa shape index (κ2) is 9.94. The molecule has 0 radical (unpaired) electrons. The zero-order chi connectivity index (χ0) is 22.7. The molecule has 1 aromatic rings. The summed E-state index contributed by atoms with van der Waals surface area (Å²) in [6.45, 7) is 3.29. The average molecular weight is 672 g/mol. The Hall–Kier alpha value is -1.59. The largest absolute Gasteiger partial charge is 0.357 e. The summed E-state index contributed by atoms with van der Waals surface area (Å²) < 4.78 is 3.05. The number of H-pyrrole nitrogens is 1. The van der Waals surface area contributed by atoms with Gasteiger partial charge in [-0.3, -0.25) is 19.4 Å². The number of imide groups is 2. The van der Waals surface area contributed by atoms with Gasteiger partial charge in [-0.2, -0.15) is 11.1 Å². The van der Waals surface area contributed by atoms with Gasteiger partial charge in [0.2, 0.25) is 11.8 Å². The standard InChI is InChI=1S/C5H7BrN2O2.C4H4BrNO2.C3HBr2N3O3/c1-5(2)3(9)8(6)4(10)7-5;5-6-3(7)1-2-4(6)8;4-7-1(9)6-2(10)8(5)3(7)11/h1-2H3,(H,7,10);1-2H2;(H,6,9,10). The molecule has 2 aliphatic heterocycles. The molecule has 0 aromatic carbocycles. The molecule has 0 saturated carbocycles. The summed E-state index contributed by atoms with van der Waals surface area (Å²) >= 11 is 10.9. The Kier molecular flexibility index (Phi) is 8.73. The maximum absolute atomic E-state index is 11.0. The van der Waals surface area contributed by atoms with E-state index in [1.165, 1.54) is 0 Å². The number of aromatic amines is 1. The molecule has 3 rings (SSSR count). The van der Waals surface area contributed by atoms with Crippen LogP contribution in [0.3, 0.4) is 0 Å². The fourth-order valence-corrected chi connectivity index (χ4v) is 3.29. The normalized spacial score (nSPS) is 17.4. The van der Waals surface area contributed by atoms with Crippen molar-refractivity contribution in [1.82, 2.24) is 25.3 Å². The summed E-state index contributed by atoms with van der Waals surface area (Å²) in [4.78, 5) is 76.6. The van der Waals surface area contributed by atoms with Gasteiger partial charge in [-0.15, -0.1) is 0 Å². The van der Waals surface area contributed by atoms with Gasteiger partial charge in [-0.25, -0.2) is 23.1 Å². The van der Waals surface area contributed by atoms with E-state index in [-0.39, 0.29) is 17.7 Å². The van der Waals surface area contributed by atoms with Crippen molar-refractivity contribution in [2.24, 2.45) is 0 Å². The van der Waals surface area contributed by atoms with Crippen LogP contribution in [0.1, 0.15) is 26.7 Å². The topological polar surface area (TPSA) is 164 Å². The molecule has 0 bridgehead atoms. The van der Waals surface area contributed by atoms with Crippen molar-refractivity contribution in [2.45, 2.75) is 32.2 Å². The van der Waals surface area contributed by atoms with Crippen LogP contribution in [0.5, 0.6) is 0 Å². The van der Waals surface area contributed by atoms with E-state index in [1.807, 2.05) is 4.98 Å². The lowest BCUT2D eigenvalue weighted by molar-refractivity contribution is -0.131. The zero-order valence-electron chi connectivity index (χ0n) is 14.6.